The smallest absolute Gasteiger partial charge is 0.257 e. The first-order valence-electron chi connectivity index (χ1n) is 16.6. The van der Waals surface area contributed by atoms with Crippen LogP contribution in [0.2, 0.25) is 0 Å². The number of carbonyl (C=O) groups is 1. The number of aromatic nitrogens is 3. The van der Waals surface area contributed by atoms with Gasteiger partial charge in [0, 0.05) is 87.2 Å². The van der Waals surface area contributed by atoms with Crippen LogP contribution in [0.3, 0.4) is 0 Å². The van der Waals surface area contributed by atoms with E-state index in [4.69, 9.17) is 14.5 Å². The Balaban J connectivity index is 0.993. The molecule has 3 fully saturated rings. The van der Waals surface area contributed by atoms with Gasteiger partial charge in [-0.1, -0.05) is 0 Å². The van der Waals surface area contributed by atoms with Crippen LogP contribution in [0.5, 0.6) is 17.2 Å². The highest BCUT2D eigenvalue weighted by Crippen LogP contribution is 2.52. The number of hydrogen-bond donors (Lipinski definition) is 1. The molecule has 7 rings (SSSR count). The number of ether oxygens (including phenoxy) is 2. The Morgan fingerprint density at radius 3 is 2.65 bits per heavy atom. The van der Waals surface area contributed by atoms with Gasteiger partial charge in [0.1, 0.15) is 29.7 Å². The fourth-order valence-corrected chi connectivity index (χ4v) is 7.58. The second-order valence-electron chi connectivity index (χ2n) is 13.8. The van der Waals surface area contributed by atoms with Gasteiger partial charge in [0.25, 0.3) is 5.91 Å². The minimum atomic E-state index is -0.489. The van der Waals surface area contributed by atoms with Gasteiger partial charge in [-0.25, -0.2) is 14.4 Å². The highest BCUT2D eigenvalue weighted by molar-refractivity contribution is 5.97. The third kappa shape index (κ3) is 5.79. The van der Waals surface area contributed by atoms with Crippen LogP contribution in [0.4, 0.5) is 10.2 Å². The quantitative estimate of drug-likeness (QED) is 0.343. The highest BCUT2D eigenvalue weighted by atomic mass is 19.1. The van der Waals surface area contributed by atoms with Crippen molar-refractivity contribution >= 4 is 11.7 Å². The summed E-state index contributed by atoms with van der Waals surface area (Å²) in [6.45, 7) is 14.5. The fourth-order valence-electron chi connectivity index (χ4n) is 7.58. The molecule has 2 saturated heterocycles. The van der Waals surface area contributed by atoms with Gasteiger partial charge in [0.2, 0.25) is 0 Å². The van der Waals surface area contributed by atoms with Crippen molar-refractivity contribution < 1.29 is 18.7 Å². The Hall–Kier alpha value is -3.83. The van der Waals surface area contributed by atoms with Crippen LogP contribution in [-0.2, 0) is 13.0 Å². The van der Waals surface area contributed by atoms with Crippen molar-refractivity contribution in [3.8, 4) is 17.2 Å². The summed E-state index contributed by atoms with van der Waals surface area (Å²) in [4.78, 5) is 33.2. The summed E-state index contributed by atoms with van der Waals surface area (Å²) in [5.74, 6) is 2.33. The van der Waals surface area contributed by atoms with Gasteiger partial charge < -0.3 is 24.6 Å². The first-order valence-corrected chi connectivity index (χ1v) is 16.6. The highest BCUT2D eigenvalue weighted by Gasteiger charge is 2.54. The minimum Gasteiger partial charge on any atom is -0.490 e. The number of carbonyl (C=O) groups excluding carboxylic acids is 1. The molecular weight excluding hydrogens is 585 g/mol. The summed E-state index contributed by atoms with van der Waals surface area (Å²) in [5.41, 5.74) is 2.78. The topological polar surface area (TPSA) is 96.0 Å². The molecule has 1 atom stereocenters. The lowest BCUT2D eigenvalue weighted by molar-refractivity contribution is -0.0355. The molecular formula is C35H44FN7O3. The van der Waals surface area contributed by atoms with Gasteiger partial charge in [0.15, 0.2) is 11.6 Å². The number of hydrogen-bond acceptors (Lipinski definition) is 9. The molecule has 46 heavy (non-hydrogen) atoms. The Morgan fingerprint density at radius 1 is 1.13 bits per heavy atom. The maximum absolute atomic E-state index is 14.3. The van der Waals surface area contributed by atoms with Gasteiger partial charge >= 0.3 is 0 Å². The molecule has 1 saturated carbocycles. The average molecular weight is 630 g/mol. The van der Waals surface area contributed by atoms with Crippen LogP contribution in [0.15, 0.2) is 43.0 Å². The zero-order valence-electron chi connectivity index (χ0n) is 27.2. The van der Waals surface area contributed by atoms with E-state index in [9.17, 15) is 9.18 Å². The van der Waals surface area contributed by atoms with Crippen LogP contribution in [0.25, 0.3) is 0 Å². The van der Waals surface area contributed by atoms with E-state index < -0.39 is 5.82 Å². The monoisotopic (exact) mass is 629 g/mol. The Morgan fingerprint density at radius 2 is 1.93 bits per heavy atom. The van der Waals surface area contributed by atoms with E-state index in [1.54, 1.807) is 11.1 Å². The Bertz CT molecular complexity index is 1580. The molecule has 1 unspecified atom stereocenters. The van der Waals surface area contributed by atoms with E-state index in [1.165, 1.54) is 35.8 Å². The number of benzene rings is 1. The molecule has 3 aliphatic heterocycles. The number of amides is 1. The predicted molar refractivity (Wildman–Crippen MR) is 173 cm³/mol. The summed E-state index contributed by atoms with van der Waals surface area (Å²) in [7, 11) is 0. The normalized spacial score (nSPS) is 20.0. The number of fused-ring (bicyclic) bond motifs is 1. The van der Waals surface area contributed by atoms with E-state index >= 15 is 0 Å². The molecule has 3 aromatic rings. The maximum atomic E-state index is 14.3. The predicted octanol–water partition coefficient (Wildman–Crippen LogP) is 4.69. The molecule has 244 valence electrons. The van der Waals surface area contributed by atoms with Crippen molar-refractivity contribution in [2.45, 2.75) is 71.7 Å². The molecule has 0 bridgehead atoms. The molecule has 2 aromatic heterocycles. The molecule has 11 heteroatoms. The molecule has 5 heterocycles. The SMILES string of the molecule is CCN(C(=O)c1cc(F)ccc1Oc1cncnc1N1CC2(CC(Oc3ccnc4c3CN(C(C)C3CNC3)CC4)C2)C1)C(C)C. The number of pyridine rings is 1. The van der Waals surface area contributed by atoms with Gasteiger partial charge in [-0.2, -0.15) is 0 Å². The van der Waals surface area contributed by atoms with Crippen molar-refractivity contribution in [2.75, 3.05) is 44.2 Å². The largest absolute Gasteiger partial charge is 0.490 e. The second kappa shape index (κ2) is 12.4. The number of nitrogens with zero attached hydrogens (tertiary/aromatic N) is 6. The first kappa shape index (κ1) is 30.8. The van der Waals surface area contributed by atoms with E-state index in [0.717, 1.165) is 64.3 Å². The summed E-state index contributed by atoms with van der Waals surface area (Å²) in [6.07, 6.45) is 8.10. The van der Waals surface area contributed by atoms with Crippen molar-refractivity contribution in [1.82, 2.24) is 30.1 Å². The third-order valence-corrected chi connectivity index (χ3v) is 10.4. The van der Waals surface area contributed by atoms with Crippen LogP contribution in [-0.4, -0.2) is 88.1 Å². The van der Waals surface area contributed by atoms with Gasteiger partial charge in [-0.05, 0) is 70.7 Å². The first-order chi connectivity index (χ1) is 22.2. The lowest BCUT2D eigenvalue weighted by atomic mass is 9.61. The molecule has 1 spiro atoms. The molecule has 1 N–H and O–H groups in total. The van der Waals surface area contributed by atoms with Crippen LogP contribution in [0.1, 0.15) is 62.2 Å². The van der Waals surface area contributed by atoms with Crippen LogP contribution in [0, 0.1) is 17.2 Å². The molecule has 1 amide bonds. The maximum Gasteiger partial charge on any atom is 0.257 e. The van der Waals surface area contributed by atoms with Gasteiger partial charge in [-0.3, -0.25) is 14.7 Å². The minimum absolute atomic E-state index is 0.0334. The number of rotatable bonds is 10. The zero-order valence-corrected chi connectivity index (χ0v) is 27.2. The van der Waals surface area contributed by atoms with Crippen LogP contribution < -0.4 is 19.7 Å². The van der Waals surface area contributed by atoms with Crippen molar-refractivity contribution in [3.05, 3.63) is 65.6 Å². The van der Waals surface area contributed by atoms with Crippen molar-refractivity contribution in [2.24, 2.45) is 11.3 Å². The molecule has 10 nitrogen and oxygen atoms in total. The van der Waals surface area contributed by atoms with E-state index in [-0.39, 0.29) is 34.8 Å². The van der Waals surface area contributed by atoms with E-state index in [1.807, 2.05) is 33.0 Å². The molecule has 0 radical (unpaired) electrons. The summed E-state index contributed by atoms with van der Waals surface area (Å²) in [6, 6.07) is 6.60. The summed E-state index contributed by atoms with van der Waals surface area (Å²) >= 11 is 0. The lowest BCUT2D eigenvalue weighted by Crippen LogP contribution is -2.65. The van der Waals surface area contributed by atoms with Crippen molar-refractivity contribution in [3.63, 3.8) is 0 Å². The van der Waals surface area contributed by atoms with E-state index in [2.05, 4.69) is 32.0 Å². The van der Waals surface area contributed by atoms with Crippen molar-refractivity contribution in [1.29, 1.82) is 0 Å². The third-order valence-electron chi connectivity index (χ3n) is 10.4. The second-order valence-corrected chi connectivity index (χ2v) is 13.8. The van der Waals surface area contributed by atoms with Crippen LogP contribution >= 0.6 is 0 Å². The Labute approximate surface area is 270 Å². The average Bonchev–Trinajstić information content (AvgIpc) is 2.98. The number of anilines is 1. The Kier molecular flexibility index (Phi) is 8.31. The van der Waals surface area contributed by atoms with Gasteiger partial charge in [0.05, 0.1) is 11.8 Å². The fraction of sp³-hybridized carbons (Fsp3) is 0.543. The molecule has 1 aliphatic carbocycles. The standard InChI is InChI=1S/C35H44FN7O3/c1-5-43(22(2)3)34(44)27-12-25(36)6-7-30(27)46-32-17-38-21-40-33(32)42-19-35(20-42)13-26(14-35)45-31-8-10-39-29-9-11-41(18-28(29)31)23(4)24-15-37-16-24/h6-8,10,12,17,21-24,26,37H,5,9,11,13-16,18-20H2,1-4H3. The summed E-state index contributed by atoms with van der Waals surface area (Å²) < 4.78 is 27.2. The molecule has 4 aliphatic rings. The number of nitrogens with one attached hydrogen (secondary N) is 1. The zero-order chi connectivity index (χ0) is 32.0. The lowest BCUT2D eigenvalue weighted by Gasteiger charge is -2.59. The van der Waals surface area contributed by atoms with Gasteiger partial charge in [-0.15, -0.1) is 0 Å². The number of halogens is 1. The van der Waals surface area contributed by atoms with E-state index in [0.29, 0.717) is 30.1 Å². The summed E-state index contributed by atoms with van der Waals surface area (Å²) in [5, 5.41) is 3.41. The molecule has 1 aromatic carbocycles.